The van der Waals surface area contributed by atoms with Crippen molar-refractivity contribution in [3.05, 3.63) is 147 Å². The minimum absolute atomic E-state index is 0.00535. The molecule has 0 aliphatic rings. The zero-order valence-electron chi connectivity index (χ0n) is 25.7. The molecule has 0 aliphatic heterocycles. The maximum absolute atomic E-state index is 14.4. The zero-order valence-corrected chi connectivity index (χ0v) is 25.7. The number of nitrogens with zero attached hydrogens (tertiary/aromatic N) is 7. The third-order valence-electron chi connectivity index (χ3n) is 8.34. The first kappa shape index (κ1) is 28.8. The zero-order chi connectivity index (χ0) is 31.8. The van der Waals surface area contributed by atoms with E-state index in [1.807, 2.05) is 84.3 Å². The van der Waals surface area contributed by atoms with Gasteiger partial charge in [-0.1, -0.05) is 111 Å². The van der Waals surface area contributed by atoms with Gasteiger partial charge in [-0.2, -0.15) is 0 Å². The fourth-order valence-electron chi connectivity index (χ4n) is 6.05. The van der Waals surface area contributed by atoms with Crippen LogP contribution >= 0.6 is 0 Å². The van der Waals surface area contributed by atoms with Crippen molar-refractivity contribution in [3.63, 3.8) is 0 Å². The van der Waals surface area contributed by atoms with Gasteiger partial charge in [-0.05, 0) is 51.7 Å². The lowest BCUT2D eigenvalue weighted by atomic mass is 9.98. The van der Waals surface area contributed by atoms with Crippen LogP contribution in [0.3, 0.4) is 0 Å². The highest BCUT2D eigenvalue weighted by molar-refractivity contribution is 5.80. The summed E-state index contributed by atoms with van der Waals surface area (Å²) in [6, 6.07) is 34.7. The van der Waals surface area contributed by atoms with Crippen molar-refractivity contribution in [2.24, 2.45) is 0 Å². The summed E-state index contributed by atoms with van der Waals surface area (Å²) in [4.78, 5) is 33.6. The van der Waals surface area contributed by atoms with Crippen LogP contribution < -0.4 is 11.2 Å². The van der Waals surface area contributed by atoms with Crippen LogP contribution in [0.25, 0.3) is 39.4 Å². The lowest BCUT2D eigenvalue weighted by Gasteiger charge is -2.19. The molecule has 1 atom stereocenters. The Kier molecular flexibility index (Phi) is 7.45. The van der Waals surface area contributed by atoms with Gasteiger partial charge in [0.15, 0.2) is 17.0 Å². The van der Waals surface area contributed by atoms with Crippen molar-refractivity contribution in [3.8, 4) is 28.2 Å². The Labute approximate surface area is 264 Å². The second-order valence-corrected chi connectivity index (χ2v) is 11.6. The number of para-hydroxylation sites is 1. The van der Waals surface area contributed by atoms with E-state index >= 15 is 0 Å². The summed E-state index contributed by atoms with van der Waals surface area (Å²) in [5.74, 6) is 1.32. The summed E-state index contributed by atoms with van der Waals surface area (Å²) < 4.78 is 4.89. The lowest BCUT2D eigenvalue weighted by Crippen LogP contribution is -2.40. The number of hydrogen-bond donors (Lipinski definition) is 1. The summed E-state index contributed by atoms with van der Waals surface area (Å²) in [7, 11) is 0. The molecule has 0 saturated heterocycles. The van der Waals surface area contributed by atoms with Crippen LogP contribution in [0, 0.1) is 0 Å². The van der Waals surface area contributed by atoms with Crippen LogP contribution in [0.5, 0.6) is 0 Å². The van der Waals surface area contributed by atoms with Gasteiger partial charge in [-0.25, -0.2) is 19.4 Å². The van der Waals surface area contributed by atoms with Crippen LogP contribution in [0.4, 0.5) is 0 Å². The van der Waals surface area contributed by atoms with E-state index in [0.717, 1.165) is 33.6 Å². The van der Waals surface area contributed by atoms with Crippen molar-refractivity contribution in [2.75, 3.05) is 0 Å². The SMILES string of the molecule is CC(C)c1nc2c(c(=O)n(-c3ccccc3)c(=O)n2C(C)c2ccccc2)n1Cc1ccc(-c2ccccc2-c2nnn[nH]2)cc1. The van der Waals surface area contributed by atoms with Crippen LogP contribution in [0.15, 0.2) is 119 Å². The molecule has 0 bridgehead atoms. The highest BCUT2D eigenvalue weighted by atomic mass is 16.2. The molecule has 7 aromatic rings. The maximum Gasteiger partial charge on any atom is 0.337 e. The van der Waals surface area contributed by atoms with Gasteiger partial charge in [-0.15, -0.1) is 5.10 Å². The van der Waals surface area contributed by atoms with E-state index in [9.17, 15) is 9.59 Å². The van der Waals surface area contributed by atoms with E-state index in [2.05, 4.69) is 58.7 Å². The number of imidazole rings is 1. The summed E-state index contributed by atoms with van der Waals surface area (Å²) in [6.07, 6.45) is 0. The van der Waals surface area contributed by atoms with Gasteiger partial charge in [0.25, 0.3) is 5.56 Å². The third-order valence-corrected chi connectivity index (χ3v) is 8.34. The number of aromatic nitrogens is 8. The minimum Gasteiger partial charge on any atom is -0.317 e. The Bertz CT molecular complexity index is 2250. The van der Waals surface area contributed by atoms with Crippen LogP contribution in [0.1, 0.15) is 49.7 Å². The van der Waals surface area contributed by atoms with Gasteiger partial charge in [0.1, 0.15) is 5.82 Å². The molecule has 1 N–H and O–H groups in total. The standard InChI is InChI=1S/C36H32N8O2/c1-23(2)33-37-34-31(35(45)44(28-14-8-5-9-15-28)36(46)43(34)24(3)26-12-6-4-7-13-26)42(33)22-25-18-20-27(21-19-25)29-16-10-11-17-30(29)32-38-40-41-39-32/h4-21,23-24H,22H2,1-3H3,(H,38,39,40,41). The van der Waals surface area contributed by atoms with Gasteiger partial charge >= 0.3 is 5.69 Å². The highest BCUT2D eigenvalue weighted by Crippen LogP contribution is 2.31. The molecule has 7 rings (SSSR count). The fraction of sp³-hybridized carbons (Fsp3) is 0.167. The smallest absolute Gasteiger partial charge is 0.317 e. The molecule has 0 amide bonds. The van der Waals surface area contributed by atoms with E-state index in [1.165, 1.54) is 4.57 Å². The Hall–Kier alpha value is -5.90. The average molecular weight is 609 g/mol. The first-order chi connectivity index (χ1) is 22.4. The predicted octanol–water partition coefficient (Wildman–Crippen LogP) is 5.98. The lowest BCUT2D eigenvalue weighted by molar-refractivity contribution is 0.596. The molecule has 228 valence electrons. The molecule has 0 spiro atoms. The monoisotopic (exact) mass is 608 g/mol. The van der Waals surface area contributed by atoms with Gasteiger partial charge < -0.3 is 4.57 Å². The molecule has 0 radical (unpaired) electrons. The number of aromatic amines is 1. The van der Waals surface area contributed by atoms with Crippen LogP contribution in [-0.2, 0) is 6.54 Å². The van der Waals surface area contributed by atoms with Gasteiger partial charge in [0.05, 0.1) is 11.7 Å². The maximum atomic E-state index is 14.4. The highest BCUT2D eigenvalue weighted by Gasteiger charge is 2.26. The molecule has 0 fully saturated rings. The van der Waals surface area contributed by atoms with E-state index in [1.54, 1.807) is 16.7 Å². The van der Waals surface area contributed by atoms with Crippen LogP contribution in [0.2, 0.25) is 0 Å². The number of fused-ring (bicyclic) bond motifs is 1. The van der Waals surface area contributed by atoms with Crippen molar-refractivity contribution < 1.29 is 0 Å². The van der Waals surface area contributed by atoms with E-state index in [4.69, 9.17) is 4.98 Å². The number of H-pyrrole nitrogens is 1. The first-order valence-corrected chi connectivity index (χ1v) is 15.2. The summed E-state index contributed by atoms with van der Waals surface area (Å²) >= 11 is 0. The Morgan fingerprint density at radius 3 is 2.07 bits per heavy atom. The molecule has 0 aliphatic carbocycles. The van der Waals surface area contributed by atoms with Gasteiger partial charge in [-0.3, -0.25) is 9.36 Å². The molecule has 10 heteroatoms. The summed E-state index contributed by atoms with van der Waals surface area (Å²) in [5.41, 5.74) is 5.30. The fourth-order valence-corrected chi connectivity index (χ4v) is 6.05. The van der Waals surface area contributed by atoms with Crippen molar-refractivity contribution in [1.82, 2.24) is 39.3 Å². The second kappa shape index (κ2) is 11.9. The topological polar surface area (TPSA) is 116 Å². The largest absolute Gasteiger partial charge is 0.337 e. The molecule has 3 aromatic heterocycles. The van der Waals surface area contributed by atoms with E-state index in [-0.39, 0.29) is 12.0 Å². The van der Waals surface area contributed by atoms with E-state index < -0.39 is 11.2 Å². The average Bonchev–Trinajstić information content (AvgIpc) is 3.75. The molecular weight excluding hydrogens is 576 g/mol. The van der Waals surface area contributed by atoms with Crippen molar-refractivity contribution in [1.29, 1.82) is 0 Å². The number of rotatable bonds is 8. The molecule has 4 aromatic carbocycles. The number of benzene rings is 4. The Morgan fingerprint density at radius 2 is 1.41 bits per heavy atom. The molecular formula is C36H32N8O2. The summed E-state index contributed by atoms with van der Waals surface area (Å²) in [5, 5.41) is 14.4. The second-order valence-electron chi connectivity index (χ2n) is 11.6. The van der Waals surface area contributed by atoms with Gasteiger partial charge in [0, 0.05) is 18.0 Å². The minimum atomic E-state index is -0.426. The quantitative estimate of drug-likeness (QED) is 0.227. The molecule has 46 heavy (non-hydrogen) atoms. The molecule has 0 saturated carbocycles. The molecule has 3 heterocycles. The molecule has 10 nitrogen and oxygen atoms in total. The number of tetrazole rings is 1. The molecule has 1 unspecified atom stereocenters. The Morgan fingerprint density at radius 1 is 0.761 bits per heavy atom. The van der Waals surface area contributed by atoms with Crippen molar-refractivity contribution >= 4 is 11.2 Å². The van der Waals surface area contributed by atoms with Crippen LogP contribution in [-0.4, -0.2) is 39.3 Å². The normalized spacial score (nSPS) is 12.2. The number of nitrogens with one attached hydrogen (secondary N) is 1. The predicted molar refractivity (Wildman–Crippen MR) is 178 cm³/mol. The number of hydrogen-bond acceptors (Lipinski definition) is 6. The Balaban J connectivity index is 1.39. The van der Waals surface area contributed by atoms with E-state index in [0.29, 0.717) is 29.2 Å². The van der Waals surface area contributed by atoms with Gasteiger partial charge in [0.2, 0.25) is 0 Å². The van der Waals surface area contributed by atoms with Crippen molar-refractivity contribution in [2.45, 2.75) is 39.3 Å². The first-order valence-electron chi connectivity index (χ1n) is 15.2. The third kappa shape index (κ3) is 5.03. The summed E-state index contributed by atoms with van der Waals surface area (Å²) in [6.45, 7) is 6.47.